The van der Waals surface area contributed by atoms with Crippen molar-refractivity contribution in [1.29, 1.82) is 0 Å². The highest BCUT2D eigenvalue weighted by Gasteiger charge is 2.44. The number of sulfonamides is 1. The summed E-state index contributed by atoms with van der Waals surface area (Å²) in [6.07, 6.45) is 1.25. The lowest BCUT2D eigenvalue weighted by atomic mass is 10.2. The molecule has 0 unspecified atom stereocenters. The van der Waals surface area contributed by atoms with Crippen molar-refractivity contribution >= 4 is 10.0 Å². The second-order valence-corrected chi connectivity index (χ2v) is 10.2. The Bertz CT molecular complexity index is 1230. The van der Waals surface area contributed by atoms with Gasteiger partial charge in [0.15, 0.2) is 10.6 Å². The minimum absolute atomic E-state index is 0.0229. The van der Waals surface area contributed by atoms with Gasteiger partial charge in [-0.1, -0.05) is 36.4 Å². The Hall–Kier alpha value is -3.07. The second-order valence-electron chi connectivity index (χ2n) is 8.41. The van der Waals surface area contributed by atoms with E-state index in [4.69, 9.17) is 18.9 Å². The van der Waals surface area contributed by atoms with Crippen LogP contribution in [0.25, 0.3) is 0 Å². The van der Waals surface area contributed by atoms with Crippen LogP contribution in [0.1, 0.15) is 18.4 Å². The maximum atomic E-state index is 13.8. The summed E-state index contributed by atoms with van der Waals surface area (Å²) in [6, 6.07) is 21.9. The number of nitrogens with zero attached hydrogens (tertiary/aromatic N) is 1. The quantitative estimate of drug-likeness (QED) is 0.468. The standard InChI is InChI=1S/C26H27NO6S/c1-30-21-12-14-22(15-13-21)32-24-8-5-9-25-26(24)34(28,29)27(20-10-11-20)16-23(33-25)18-31-17-19-6-3-2-4-7-19/h2-9,12-15,20,23H,10-11,16-18H2,1H3/t23-/m0/s1. The molecule has 8 heteroatoms. The van der Waals surface area contributed by atoms with Crippen molar-refractivity contribution in [3.63, 3.8) is 0 Å². The van der Waals surface area contributed by atoms with E-state index in [-0.39, 0.29) is 35.6 Å². The molecular formula is C26H27NO6S. The summed E-state index contributed by atoms with van der Waals surface area (Å²) >= 11 is 0. The number of fused-ring (bicyclic) bond motifs is 1. The van der Waals surface area contributed by atoms with Crippen LogP contribution in [0.2, 0.25) is 0 Å². The third-order valence-electron chi connectivity index (χ3n) is 5.84. The SMILES string of the molecule is COc1ccc(Oc2cccc3c2S(=O)(=O)N(C2CC2)C[C@@H](COCc2ccccc2)O3)cc1. The van der Waals surface area contributed by atoms with Crippen molar-refractivity contribution in [2.75, 3.05) is 20.3 Å². The highest BCUT2D eigenvalue weighted by Crippen LogP contribution is 2.43. The molecule has 3 aromatic rings. The first-order valence-corrected chi connectivity index (χ1v) is 12.7. The van der Waals surface area contributed by atoms with E-state index in [9.17, 15) is 8.42 Å². The lowest BCUT2D eigenvalue weighted by molar-refractivity contribution is 0.0334. The van der Waals surface area contributed by atoms with Crippen LogP contribution in [0.4, 0.5) is 0 Å². The van der Waals surface area contributed by atoms with Crippen molar-refractivity contribution in [2.45, 2.75) is 36.5 Å². The molecular weight excluding hydrogens is 454 g/mol. The smallest absolute Gasteiger partial charge is 0.250 e. The summed E-state index contributed by atoms with van der Waals surface area (Å²) < 4.78 is 52.4. The molecule has 7 nitrogen and oxygen atoms in total. The molecule has 5 rings (SSSR count). The fourth-order valence-electron chi connectivity index (χ4n) is 4.00. The molecule has 3 aromatic carbocycles. The largest absolute Gasteiger partial charge is 0.497 e. The molecule has 0 aromatic heterocycles. The Kier molecular flexibility index (Phi) is 6.45. The van der Waals surface area contributed by atoms with E-state index in [1.165, 1.54) is 0 Å². The van der Waals surface area contributed by atoms with Gasteiger partial charge in [-0.2, -0.15) is 4.31 Å². The highest BCUT2D eigenvalue weighted by atomic mass is 32.2. The summed E-state index contributed by atoms with van der Waals surface area (Å²) in [6.45, 7) is 0.944. The number of hydrogen-bond acceptors (Lipinski definition) is 6. The monoisotopic (exact) mass is 481 g/mol. The average molecular weight is 482 g/mol. The molecule has 1 fully saturated rings. The van der Waals surface area contributed by atoms with Gasteiger partial charge in [0.2, 0.25) is 0 Å². The van der Waals surface area contributed by atoms with Gasteiger partial charge in [0, 0.05) is 6.04 Å². The molecule has 0 amide bonds. The molecule has 34 heavy (non-hydrogen) atoms. The Morgan fingerprint density at radius 2 is 1.68 bits per heavy atom. The Morgan fingerprint density at radius 3 is 2.38 bits per heavy atom. The molecule has 1 aliphatic heterocycles. The molecule has 0 spiro atoms. The molecule has 178 valence electrons. The number of hydrogen-bond donors (Lipinski definition) is 0. The van der Waals surface area contributed by atoms with Crippen molar-refractivity contribution < 1.29 is 27.4 Å². The number of rotatable bonds is 8. The zero-order valence-corrected chi connectivity index (χ0v) is 19.7. The molecule has 1 aliphatic carbocycles. The number of methoxy groups -OCH3 is 1. The zero-order valence-electron chi connectivity index (χ0n) is 18.9. The van der Waals surface area contributed by atoms with E-state index < -0.39 is 16.1 Å². The molecule has 0 bridgehead atoms. The molecule has 0 saturated heterocycles. The minimum atomic E-state index is -3.83. The van der Waals surface area contributed by atoms with Gasteiger partial charge in [0.05, 0.1) is 26.9 Å². The summed E-state index contributed by atoms with van der Waals surface area (Å²) in [5, 5.41) is 0. The third-order valence-corrected chi connectivity index (χ3v) is 7.83. The molecule has 1 saturated carbocycles. The van der Waals surface area contributed by atoms with Crippen LogP contribution in [0.3, 0.4) is 0 Å². The number of benzene rings is 3. The molecule has 2 aliphatic rings. The first-order chi connectivity index (χ1) is 16.5. The van der Waals surface area contributed by atoms with Crippen molar-refractivity contribution in [1.82, 2.24) is 4.31 Å². The van der Waals surface area contributed by atoms with Gasteiger partial charge in [-0.3, -0.25) is 0 Å². The maximum Gasteiger partial charge on any atom is 0.250 e. The molecule has 1 heterocycles. The van der Waals surface area contributed by atoms with Crippen LogP contribution in [0, 0.1) is 0 Å². The second kappa shape index (κ2) is 9.66. The van der Waals surface area contributed by atoms with E-state index in [0.29, 0.717) is 18.1 Å². The lowest BCUT2D eigenvalue weighted by Gasteiger charge is -2.23. The molecule has 0 radical (unpaired) electrons. The van der Waals surface area contributed by atoms with Crippen molar-refractivity contribution in [3.05, 3.63) is 78.4 Å². The van der Waals surface area contributed by atoms with Crippen molar-refractivity contribution in [3.8, 4) is 23.0 Å². The summed E-state index contributed by atoms with van der Waals surface area (Å²) in [5.74, 6) is 1.71. The predicted octanol–water partition coefficient (Wildman–Crippen LogP) is 4.62. The van der Waals surface area contributed by atoms with Gasteiger partial charge in [-0.15, -0.1) is 0 Å². The normalized spacial score (nSPS) is 19.5. The highest BCUT2D eigenvalue weighted by molar-refractivity contribution is 7.89. The van der Waals surface area contributed by atoms with Gasteiger partial charge in [-0.05, 0) is 54.8 Å². The molecule has 0 N–H and O–H groups in total. The molecule has 1 atom stereocenters. The third kappa shape index (κ3) is 4.89. The van der Waals surface area contributed by atoms with Crippen molar-refractivity contribution in [2.24, 2.45) is 0 Å². The van der Waals surface area contributed by atoms with Gasteiger partial charge in [-0.25, -0.2) is 8.42 Å². The summed E-state index contributed by atoms with van der Waals surface area (Å²) in [5.41, 5.74) is 1.05. The van der Waals surface area contributed by atoms with Crippen LogP contribution >= 0.6 is 0 Å². The van der Waals surface area contributed by atoms with Gasteiger partial charge >= 0.3 is 0 Å². The Balaban J connectivity index is 1.42. The van der Waals surface area contributed by atoms with E-state index in [2.05, 4.69) is 0 Å². The van der Waals surface area contributed by atoms with E-state index >= 15 is 0 Å². The van der Waals surface area contributed by atoms with Crippen LogP contribution < -0.4 is 14.2 Å². The van der Waals surface area contributed by atoms with Gasteiger partial charge in [0.1, 0.15) is 23.4 Å². The number of ether oxygens (including phenoxy) is 4. The van der Waals surface area contributed by atoms with Crippen LogP contribution in [0.15, 0.2) is 77.7 Å². The van der Waals surface area contributed by atoms with E-state index in [0.717, 1.165) is 18.4 Å². The Morgan fingerprint density at radius 1 is 0.941 bits per heavy atom. The maximum absolute atomic E-state index is 13.8. The minimum Gasteiger partial charge on any atom is -0.497 e. The summed E-state index contributed by atoms with van der Waals surface area (Å²) in [4.78, 5) is 0.0586. The van der Waals surface area contributed by atoms with Crippen LogP contribution in [-0.2, 0) is 21.4 Å². The zero-order chi connectivity index (χ0) is 23.5. The topological polar surface area (TPSA) is 74.3 Å². The fraction of sp³-hybridized carbons (Fsp3) is 0.308. The Labute approximate surface area is 199 Å². The first kappa shape index (κ1) is 22.7. The van der Waals surface area contributed by atoms with Gasteiger partial charge in [0.25, 0.3) is 10.0 Å². The van der Waals surface area contributed by atoms with E-state index in [1.54, 1.807) is 53.9 Å². The summed E-state index contributed by atoms with van der Waals surface area (Å²) in [7, 11) is -2.24. The fourth-order valence-corrected chi connectivity index (χ4v) is 5.94. The van der Waals surface area contributed by atoms with E-state index in [1.807, 2.05) is 30.3 Å². The first-order valence-electron chi connectivity index (χ1n) is 11.3. The van der Waals surface area contributed by atoms with Crippen LogP contribution in [-0.4, -0.2) is 45.1 Å². The van der Waals surface area contributed by atoms with Gasteiger partial charge < -0.3 is 18.9 Å². The predicted molar refractivity (Wildman–Crippen MR) is 127 cm³/mol. The lowest BCUT2D eigenvalue weighted by Crippen LogP contribution is -2.40. The average Bonchev–Trinajstić information content (AvgIpc) is 3.69. The van der Waals surface area contributed by atoms with Crippen LogP contribution in [0.5, 0.6) is 23.0 Å².